The average molecular weight is 477 g/mol. The van der Waals surface area contributed by atoms with E-state index in [-0.39, 0.29) is 22.9 Å². The van der Waals surface area contributed by atoms with Gasteiger partial charge in [-0.25, -0.2) is 8.42 Å². The molecule has 1 heterocycles. The Kier molecular flexibility index (Phi) is 7.86. The number of methoxy groups -OCH3 is 3. The summed E-state index contributed by atoms with van der Waals surface area (Å²) in [7, 11) is 0.918. The fourth-order valence-electron chi connectivity index (χ4n) is 4.26. The van der Waals surface area contributed by atoms with Crippen molar-refractivity contribution in [1.82, 2.24) is 9.62 Å². The van der Waals surface area contributed by atoms with Gasteiger partial charge in [0.15, 0.2) is 11.5 Å². The van der Waals surface area contributed by atoms with Gasteiger partial charge in [-0.05, 0) is 42.5 Å². The van der Waals surface area contributed by atoms with Crippen LogP contribution in [0, 0.1) is 11.8 Å². The van der Waals surface area contributed by atoms with Gasteiger partial charge < -0.3 is 19.5 Å². The minimum atomic E-state index is -3.68. The molecular formula is C24H32N2O6S. The predicted octanol–water partition coefficient (Wildman–Crippen LogP) is 3.31. The van der Waals surface area contributed by atoms with E-state index < -0.39 is 10.0 Å². The second-order valence-corrected chi connectivity index (χ2v) is 10.4. The second-order valence-electron chi connectivity index (χ2n) is 8.50. The summed E-state index contributed by atoms with van der Waals surface area (Å²) in [6.07, 6.45) is 1.01. The molecule has 1 aliphatic rings. The Labute approximate surface area is 195 Å². The Hall–Kier alpha value is -2.78. The van der Waals surface area contributed by atoms with Gasteiger partial charge in [0, 0.05) is 36.8 Å². The Balaban J connectivity index is 1.78. The molecule has 9 heteroatoms. The van der Waals surface area contributed by atoms with Gasteiger partial charge in [0.25, 0.3) is 5.91 Å². The third-order valence-electron chi connectivity index (χ3n) is 5.80. The number of nitrogens with one attached hydrogen (secondary N) is 1. The van der Waals surface area contributed by atoms with Crippen molar-refractivity contribution >= 4 is 15.9 Å². The van der Waals surface area contributed by atoms with E-state index in [2.05, 4.69) is 19.2 Å². The van der Waals surface area contributed by atoms with Gasteiger partial charge in [0.1, 0.15) is 5.75 Å². The summed E-state index contributed by atoms with van der Waals surface area (Å²) in [4.78, 5) is 13.0. The maximum atomic E-state index is 13.2. The summed E-state index contributed by atoms with van der Waals surface area (Å²) in [5, 5.41) is 2.83. The first-order valence-corrected chi connectivity index (χ1v) is 12.3. The van der Waals surface area contributed by atoms with E-state index in [1.165, 1.54) is 37.8 Å². The van der Waals surface area contributed by atoms with E-state index in [0.29, 0.717) is 47.7 Å². The van der Waals surface area contributed by atoms with Crippen LogP contribution >= 0.6 is 0 Å². The molecule has 8 nitrogen and oxygen atoms in total. The van der Waals surface area contributed by atoms with Crippen molar-refractivity contribution in [2.75, 3.05) is 34.4 Å². The summed E-state index contributed by atoms with van der Waals surface area (Å²) in [5.41, 5.74) is 0.970. The van der Waals surface area contributed by atoms with Gasteiger partial charge in [0.05, 0.1) is 26.2 Å². The fraction of sp³-hybridized carbons (Fsp3) is 0.458. The zero-order valence-electron chi connectivity index (χ0n) is 19.8. The molecule has 0 aliphatic carbocycles. The summed E-state index contributed by atoms with van der Waals surface area (Å²) in [5.74, 6) is 1.78. The number of rotatable bonds is 8. The van der Waals surface area contributed by atoms with Crippen molar-refractivity contribution in [3.8, 4) is 17.2 Å². The molecule has 2 aromatic carbocycles. The maximum absolute atomic E-state index is 13.2. The lowest BCUT2D eigenvalue weighted by Gasteiger charge is -2.34. The quantitative estimate of drug-likeness (QED) is 0.628. The molecule has 0 aromatic heterocycles. The summed E-state index contributed by atoms with van der Waals surface area (Å²) < 4.78 is 43.9. The molecule has 0 radical (unpaired) electrons. The highest BCUT2D eigenvalue weighted by Gasteiger charge is 2.32. The van der Waals surface area contributed by atoms with E-state index in [4.69, 9.17) is 14.2 Å². The molecule has 1 saturated heterocycles. The van der Waals surface area contributed by atoms with Crippen molar-refractivity contribution in [3.05, 3.63) is 47.5 Å². The smallest absolute Gasteiger partial charge is 0.251 e. The van der Waals surface area contributed by atoms with Gasteiger partial charge in [0.2, 0.25) is 10.0 Å². The molecule has 0 bridgehead atoms. The van der Waals surface area contributed by atoms with Gasteiger partial charge in [-0.1, -0.05) is 19.9 Å². The van der Waals surface area contributed by atoms with Crippen LogP contribution in [-0.2, 0) is 16.6 Å². The third-order valence-corrected chi connectivity index (χ3v) is 7.62. The first-order chi connectivity index (χ1) is 15.7. The van der Waals surface area contributed by atoms with Crippen molar-refractivity contribution in [3.63, 3.8) is 0 Å². The van der Waals surface area contributed by atoms with Crippen LogP contribution < -0.4 is 19.5 Å². The van der Waals surface area contributed by atoms with Gasteiger partial charge in [-0.3, -0.25) is 4.79 Å². The van der Waals surface area contributed by atoms with Crippen LogP contribution in [0.25, 0.3) is 0 Å². The number of hydrogen-bond donors (Lipinski definition) is 1. The van der Waals surface area contributed by atoms with Crippen LogP contribution in [0.15, 0.2) is 41.3 Å². The number of carbonyl (C=O) groups excluding carboxylic acids is 1. The number of nitrogens with zero attached hydrogens (tertiary/aromatic N) is 1. The molecule has 2 aromatic rings. The minimum absolute atomic E-state index is 0.125. The molecule has 1 amide bonds. The van der Waals surface area contributed by atoms with Crippen LogP contribution in [0.2, 0.25) is 0 Å². The van der Waals surface area contributed by atoms with Crippen LogP contribution in [0.4, 0.5) is 0 Å². The van der Waals surface area contributed by atoms with E-state index in [1.807, 2.05) is 0 Å². The number of sulfonamides is 1. The van der Waals surface area contributed by atoms with Crippen LogP contribution in [0.1, 0.15) is 36.2 Å². The Morgan fingerprint density at radius 3 is 2.18 bits per heavy atom. The number of hydrogen-bond acceptors (Lipinski definition) is 6. The number of carbonyl (C=O) groups is 1. The number of amides is 1. The van der Waals surface area contributed by atoms with Crippen molar-refractivity contribution in [2.24, 2.45) is 11.8 Å². The normalized spacial score (nSPS) is 19.1. The highest BCUT2D eigenvalue weighted by atomic mass is 32.2. The number of ether oxygens (including phenoxy) is 3. The molecule has 180 valence electrons. The van der Waals surface area contributed by atoms with Crippen LogP contribution in [0.5, 0.6) is 17.2 Å². The molecule has 1 fully saturated rings. The Bertz CT molecular complexity index is 1090. The molecule has 0 spiro atoms. The third kappa shape index (κ3) is 5.59. The molecule has 1 aliphatic heterocycles. The van der Waals surface area contributed by atoms with Gasteiger partial charge >= 0.3 is 0 Å². The topological polar surface area (TPSA) is 94.2 Å². The molecule has 33 heavy (non-hydrogen) atoms. The average Bonchev–Trinajstić information content (AvgIpc) is 2.81. The van der Waals surface area contributed by atoms with Gasteiger partial charge in [-0.2, -0.15) is 4.31 Å². The Morgan fingerprint density at radius 2 is 1.58 bits per heavy atom. The largest absolute Gasteiger partial charge is 0.496 e. The van der Waals surface area contributed by atoms with Gasteiger partial charge in [-0.15, -0.1) is 0 Å². The Morgan fingerprint density at radius 1 is 0.970 bits per heavy atom. The highest BCUT2D eigenvalue weighted by Crippen LogP contribution is 2.34. The van der Waals surface area contributed by atoms with E-state index in [1.54, 1.807) is 24.3 Å². The first kappa shape index (κ1) is 24.9. The summed E-state index contributed by atoms with van der Waals surface area (Å²) >= 11 is 0. The first-order valence-electron chi connectivity index (χ1n) is 10.9. The van der Waals surface area contributed by atoms with E-state index in [9.17, 15) is 13.2 Å². The SMILES string of the molecule is COc1cc(OC)c(OC)cc1CNC(=O)c1cccc(S(=O)(=O)N2C[C@H](C)C[C@H](C)C2)c1. The zero-order valence-corrected chi connectivity index (χ0v) is 20.6. The minimum Gasteiger partial charge on any atom is -0.496 e. The molecule has 0 unspecified atom stereocenters. The lowest BCUT2D eigenvalue weighted by Crippen LogP contribution is -2.42. The summed E-state index contributed by atoms with van der Waals surface area (Å²) in [6.45, 7) is 5.26. The molecule has 2 atom stereocenters. The standard InChI is InChI=1S/C24H32N2O6S/c1-16-9-17(2)15-26(14-16)33(28,29)20-8-6-7-18(10-20)24(27)25-13-19-11-22(31-4)23(32-5)12-21(19)30-3/h6-8,10-12,16-17H,9,13-15H2,1-5H3,(H,25,27)/t16-,17+. The lowest BCUT2D eigenvalue weighted by atomic mass is 9.94. The van der Waals surface area contributed by atoms with Crippen LogP contribution in [-0.4, -0.2) is 53.0 Å². The highest BCUT2D eigenvalue weighted by molar-refractivity contribution is 7.89. The van der Waals surface area contributed by atoms with E-state index in [0.717, 1.165) is 6.42 Å². The van der Waals surface area contributed by atoms with Crippen molar-refractivity contribution < 1.29 is 27.4 Å². The van der Waals surface area contributed by atoms with E-state index >= 15 is 0 Å². The summed E-state index contributed by atoms with van der Waals surface area (Å²) in [6, 6.07) is 9.58. The van der Waals surface area contributed by atoms with Crippen molar-refractivity contribution in [1.29, 1.82) is 0 Å². The molecular weight excluding hydrogens is 444 g/mol. The lowest BCUT2D eigenvalue weighted by molar-refractivity contribution is 0.0950. The predicted molar refractivity (Wildman–Crippen MR) is 125 cm³/mol. The molecule has 3 rings (SSSR count). The molecule has 0 saturated carbocycles. The monoisotopic (exact) mass is 476 g/mol. The fourth-order valence-corrected chi connectivity index (χ4v) is 5.98. The number of benzene rings is 2. The van der Waals surface area contributed by atoms with Crippen LogP contribution in [0.3, 0.4) is 0 Å². The van der Waals surface area contributed by atoms with Crippen molar-refractivity contribution in [2.45, 2.75) is 31.7 Å². The number of piperidine rings is 1. The maximum Gasteiger partial charge on any atom is 0.251 e. The zero-order chi connectivity index (χ0) is 24.2. The second kappa shape index (κ2) is 10.4. The molecule has 1 N–H and O–H groups in total.